The lowest BCUT2D eigenvalue weighted by atomic mass is 10.1. The zero-order valence-corrected chi connectivity index (χ0v) is 12.3. The van der Waals surface area contributed by atoms with Crippen molar-refractivity contribution in [2.45, 2.75) is 19.3 Å². The van der Waals surface area contributed by atoms with Crippen LogP contribution in [0.2, 0.25) is 0 Å². The van der Waals surface area contributed by atoms with E-state index in [4.69, 9.17) is 0 Å². The summed E-state index contributed by atoms with van der Waals surface area (Å²) in [5.41, 5.74) is 1.24. The Morgan fingerprint density at radius 2 is 1.57 bits per heavy atom. The van der Waals surface area contributed by atoms with Crippen LogP contribution in [0.1, 0.15) is 18.4 Å². The standard InChI is InChI=1S/C10H10Br3O/c11-7-5-9(12)8(10(13)6-7)3-1-2-4-14/h5-6H,1-4H2. The molecule has 0 amide bonds. The zero-order chi connectivity index (χ0) is 10.6. The highest BCUT2D eigenvalue weighted by Crippen LogP contribution is 2.30. The predicted molar refractivity (Wildman–Crippen MR) is 68.0 cm³/mol. The van der Waals surface area contributed by atoms with Crippen LogP contribution >= 0.6 is 47.8 Å². The van der Waals surface area contributed by atoms with Gasteiger partial charge in [0.15, 0.2) is 0 Å². The zero-order valence-electron chi connectivity index (χ0n) is 7.53. The average molecular weight is 386 g/mol. The van der Waals surface area contributed by atoms with Gasteiger partial charge in [0.05, 0.1) is 6.61 Å². The van der Waals surface area contributed by atoms with E-state index in [9.17, 15) is 5.11 Å². The molecule has 1 rings (SSSR count). The lowest BCUT2D eigenvalue weighted by Gasteiger charge is -2.07. The lowest BCUT2D eigenvalue weighted by Crippen LogP contribution is -1.91. The van der Waals surface area contributed by atoms with Gasteiger partial charge in [0.25, 0.3) is 0 Å². The van der Waals surface area contributed by atoms with E-state index in [2.05, 4.69) is 47.8 Å². The van der Waals surface area contributed by atoms with Crippen LogP contribution in [0.25, 0.3) is 0 Å². The molecule has 0 saturated heterocycles. The maximum absolute atomic E-state index is 10.3. The van der Waals surface area contributed by atoms with Crippen molar-refractivity contribution < 1.29 is 5.11 Å². The van der Waals surface area contributed by atoms with E-state index in [0.717, 1.165) is 32.7 Å². The first-order valence-electron chi connectivity index (χ1n) is 4.36. The summed E-state index contributed by atoms with van der Waals surface area (Å²) < 4.78 is 3.22. The Morgan fingerprint density at radius 1 is 1.00 bits per heavy atom. The summed E-state index contributed by atoms with van der Waals surface area (Å²) in [6, 6.07) is 4.05. The third-order valence-electron chi connectivity index (χ3n) is 1.93. The van der Waals surface area contributed by atoms with Crippen LogP contribution in [0, 0.1) is 0 Å². The number of unbranched alkanes of at least 4 members (excludes halogenated alkanes) is 1. The molecule has 0 fully saturated rings. The maximum atomic E-state index is 10.3. The molecular formula is C10H10Br3O. The molecule has 0 aliphatic carbocycles. The molecule has 0 spiro atoms. The van der Waals surface area contributed by atoms with Crippen LogP contribution in [-0.4, -0.2) is 6.61 Å². The molecule has 0 aliphatic rings. The van der Waals surface area contributed by atoms with Gasteiger partial charge in [0.1, 0.15) is 0 Å². The van der Waals surface area contributed by atoms with Gasteiger partial charge in [-0.2, -0.15) is 0 Å². The van der Waals surface area contributed by atoms with Crippen molar-refractivity contribution >= 4 is 47.8 Å². The summed E-state index contributed by atoms with van der Waals surface area (Å²) in [5.74, 6) is 0. The molecule has 0 atom stereocenters. The van der Waals surface area contributed by atoms with E-state index in [1.807, 2.05) is 12.1 Å². The third-order valence-corrected chi connectivity index (χ3v) is 3.80. The summed E-state index contributed by atoms with van der Waals surface area (Å²) in [6.07, 6.45) is 2.63. The van der Waals surface area contributed by atoms with Gasteiger partial charge in [-0.25, -0.2) is 5.11 Å². The summed E-state index contributed by atoms with van der Waals surface area (Å²) in [4.78, 5) is 0. The fraction of sp³-hybridized carbons (Fsp3) is 0.400. The number of halogens is 3. The van der Waals surface area contributed by atoms with Gasteiger partial charge in [-0.1, -0.05) is 47.8 Å². The topological polar surface area (TPSA) is 19.9 Å². The molecule has 1 radical (unpaired) electrons. The number of benzene rings is 1. The molecule has 0 saturated carbocycles. The molecule has 1 aromatic carbocycles. The Morgan fingerprint density at radius 3 is 2.07 bits per heavy atom. The van der Waals surface area contributed by atoms with Gasteiger partial charge in [0, 0.05) is 13.4 Å². The van der Waals surface area contributed by atoms with Crippen LogP contribution in [0.3, 0.4) is 0 Å². The normalized spacial score (nSPS) is 10.6. The molecule has 14 heavy (non-hydrogen) atoms. The second-order valence-corrected chi connectivity index (χ2v) is 5.63. The number of hydrogen-bond donors (Lipinski definition) is 0. The Hall–Kier alpha value is 0.620. The second kappa shape index (κ2) is 6.26. The average Bonchev–Trinajstić information content (AvgIpc) is 2.09. The van der Waals surface area contributed by atoms with E-state index >= 15 is 0 Å². The van der Waals surface area contributed by atoms with E-state index in [1.165, 1.54) is 5.56 Å². The van der Waals surface area contributed by atoms with Crippen LogP contribution < -0.4 is 0 Å². The summed E-state index contributed by atoms with van der Waals surface area (Å²) in [6.45, 7) is 0.0196. The number of rotatable bonds is 4. The SMILES string of the molecule is [O]CCCCc1c(Br)cc(Br)cc1Br. The van der Waals surface area contributed by atoms with Gasteiger partial charge >= 0.3 is 0 Å². The number of hydrogen-bond acceptors (Lipinski definition) is 0. The van der Waals surface area contributed by atoms with Gasteiger partial charge in [-0.05, 0) is 37.0 Å². The van der Waals surface area contributed by atoms with Crippen LogP contribution in [0.5, 0.6) is 0 Å². The van der Waals surface area contributed by atoms with Crippen LogP contribution in [0.4, 0.5) is 0 Å². The first kappa shape index (κ1) is 12.7. The predicted octanol–water partition coefficient (Wildman–Crippen LogP) is 4.73. The third kappa shape index (κ3) is 3.65. The Balaban J connectivity index is 2.75. The van der Waals surface area contributed by atoms with E-state index in [0.29, 0.717) is 0 Å². The molecule has 77 valence electrons. The minimum atomic E-state index is 0.0196. The van der Waals surface area contributed by atoms with Crippen molar-refractivity contribution in [2.24, 2.45) is 0 Å². The highest BCUT2D eigenvalue weighted by Gasteiger charge is 2.06. The Kier molecular flexibility index (Phi) is 5.67. The maximum Gasteiger partial charge on any atom is 0.0822 e. The van der Waals surface area contributed by atoms with Crippen molar-refractivity contribution in [3.63, 3.8) is 0 Å². The van der Waals surface area contributed by atoms with Crippen molar-refractivity contribution in [1.82, 2.24) is 0 Å². The molecule has 0 aromatic heterocycles. The summed E-state index contributed by atoms with van der Waals surface area (Å²) >= 11 is 10.4. The quantitative estimate of drug-likeness (QED) is 0.668. The molecule has 0 unspecified atom stereocenters. The van der Waals surface area contributed by atoms with Crippen LogP contribution in [-0.2, 0) is 11.5 Å². The highest BCUT2D eigenvalue weighted by molar-refractivity contribution is 9.11. The minimum Gasteiger partial charge on any atom is -0.237 e. The summed E-state index contributed by atoms with van der Waals surface area (Å²) in [5, 5.41) is 10.3. The van der Waals surface area contributed by atoms with Gasteiger partial charge in [-0.15, -0.1) is 0 Å². The molecule has 0 bridgehead atoms. The van der Waals surface area contributed by atoms with Crippen molar-refractivity contribution in [3.8, 4) is 0 Å². The molecule has 4 heteroatoms. The fourth-order valence-electron chi connectivity index (χ4n) is 1.21. The van der Waals surface area contributed by atoms with Crippen LogP contribution in [0.15, 0.2) is 25.6 Å². The second-order valence-electron chi connectivity index (χ2n) is 3.01. The summed E-state index contributed by atoms with van der Waals surface area (Å²) in [7, 11) is 0. The lowest BCUT2D eigenvalue weighted by molar-refractivity contribution is 0.187. The highest BCUT2D eigenvalue weighted by atomic mass is 79.9. The smallest absolute Gasteiger partial charge is 0.0822 e. The van der Waals surface area contributed by atoms with Crippen molar-refractivity contribution in [2.75, 3.05) is 6.61 Å². The molecule has 1 aromatic rings. The minimum absolute atomic E-state index is 0.0196. The molecule has 0 heterocycles. The Bertz CT molecular complexity index is 289. The monoisotopic (exact) mass is 383 g/mol. The van der Waals surface area contributed by atoms with E-state index < -0.39 is 0 Å². The van der Waals surface area contributed by atoms with Gasteiger partial charge in [0.2, 0.25) is 0 Å². The molecule has 0 aliphatic heterocycles. The van der Waals surface area contributed by atoms with Gasteiger partial charge in [-0.3, -0.25) is 0 Å². The largest absolute Gasteiger partial charge is 0.237 e. The first-order valence-corrected chi connectivity index (χ1v) is 6.74. The van der Waals surface area contributed by atoms with Crippen molar-refractivity contribution in [3.05, 3.63) is 31.1 Å². The van der Waals surface area contributed by atoms with Gasteiger partial charge < -0.3 is 0 Å². The molecular weight excluding hydrogens is 376 g/mol. The molecule has 0 N–H and O–H groups in total. The van der Waals surface area contributed by atoms with E-state index in [-0.39, 0.29) is 6.61 Å². The Labute approximate surface area is 109 Å². The fourth-order valence-corrected chi connectivity index (χ4v) is 3.87. The van der Waals surface area contributed by atoms with E-state index in [1.54, 1.807) is 0 Å². The van der Waals surface area contributed by atoms with Crippen molar-refractivity contribution in [1.29, 1.82) is 0 Å². The molecule has 1 nitrogen and oxygen atoms in total. The first-order chi connectivity index (χ1) is 6.65.